The van der Waals surface area contributed by atoms with Gasteiger partial charge in [0.1, 0.15) is 5.69 Å². The number of benzene rings is 2. The molecule has 1 aromatic heterocycles. The van der Waals surface area contributed by atoms with Gasteiger partial charge >= 0.3 is 0 Å². The molecular weight excluding hydrogens is 436 g/mol. The number of sulfonamides is 1. The predicted molar refractivity (Wildman–Crippen MR) is 132 cm³/mol. The van der Waals surface area contributed by atoms with Gasteiger partial charge in [-0.3, -0.25) is 4.79 Å². The van der Waals surface area contributed by atoms with Crippen molar-refractivity contribution in [3.05, 3.63) is 59.8 Å². The molecule has 8 heteroatoms. The maximum atomic E-state index is 13.5. The monoisotopic (exact) mass is 468 g/mol. The first-order chi connectivity index (χ1) is 15.6. The van der Waals surface area contributed by atoms with Crippen molar-refractivity contribution < 1.29 is 13.2 Å². The highest BCUT2D eigenvalue weighted by Gasteiger charge is 2.29. The molecule has 0 spiro atoms. The molecule has 1 fully saturated rings. The quantitative estimate of drug-likeness (QED) is 0.574. The summed E-state index contributed by atoms with van der Waals surface area (Å²) in [4.78, 5) is 18.0. The van der Waals surface area contributed by atoms with E-state index in [0.29, 0.717) is 25.3 Å². The zero-order valence-electron chi connectivity index (χ0n) is 19.9. The second-order valence-electron chi connectivity index (χ2n) is 8.91. The van der Waals surface area contributed by atoms with E-state index < -0.39 is 10.0 Å². The van der Waals surface area contributed by atoms with Crippen LogP contribution in [0.2, 0.25) is 0 Å². The van der Waals surface area contributed by atoms with Crippen LogP contribution >= 0.6 is 0 Å². The van der Waals surface area contributed by atoms with Crippen molar-refractivity contribution in [2.24, 2.45) is 0 Å². The normalized spacial score (nSPS) is 17.2. The maximum absolute atomic E-state index is 13.5. The summed E-state index contributed by atoms with van der Waals surface area (Å²) in [6, 6.07) is 15.6. The zero-order valence-corrected chi connectivity index (χ0v) is 20.8. The predicted octanol–water partition coefficient (Wildman–Crippen LogP) is 3.57. The van der Waals surface area contributed by atoms with Crippen LogP contribution in [-0.2, 0) is 16.6 Å². The number of anilines is 1. The highest BCUT2D eigenvalue weighted by Crippen LogP contribution is 2.27. The Morgan fingerprint density at radius 3 is 2.48 bits per heavy atom. The van der Waals surface area contributed by atoms with Crippen LogP contribution in [0.25, 0.3) is 10.9 Å². The molecule has 0 radical (unpaired) electrons. The van der Waals surface area contributed by atoms with Crippen LogP contribution in [0.1, 0.15) is 29.9 Å². The van der Waals surface area contributed by atoms with Gasteiger partial charge in [-0.05, 0) is 62.7 Å². The number of carbonyl (C=O) groups excluding carboxylic acids is 1. The minimum Gasteiger partial charge on any atom is -0.365 e. The van der Waals surface area contributed by atoms with Crippen molar-refractivity contribution in [1.82, 2.24) is 13.8 Å². The minimum atomic E-state index is -3.54. The van der Waals surface area contributed by atoms with Gasteiger partial charge in [0.2, 0.25) is 10.0 Å². The molecule has 176 valence electrons. The number of hydrogen-bond acceptors (Lipinski definition) is 4. The lowest BCUT2D eigenvalue weighted by atomic mass is 10.1. The number of nitrogens with zero attached hydrogens (tertiary/aromatic N) is 4. The van der Waals surface area contributed by atoms with E-state index in [1.165, 1.54) is 29.7 Å². The number of hydrogen-bond donors (Lipinski definition) is 0. The maximum Gasteiger partial charge on any atom is 0.270 e. The number of aromatic nitrogens is 1. The van der Waals surface area contributed by atoms with Crippen LogP contribution in [0.5, 0.6) is 0 Å². The van der Waals surface area contributed by atoms with E-state index >= 15 is 0 Å². The zero-order chi connectivity index (χ0) is 23.9. The SMILES string of the molecule is CCn1c(C(=O)N2CCN(c3cccc(C)c3)[C@H](C)C2)cc2cc(S(=O)(=O)N(C)C)ccc21. The van der Waals surface area contributed by atoms with Crippen molar-refractivity contribution in [2.75, 3.05) is 38.6 Å². The van der Waals surface area contributed by atoms with Crippen LogP contribution in [0, 0.1) is 6.92 Å². The largest absolute Gasteiger partial charge is 0.365 e. The smallest absolute Gasteiger partial charge is 0.270 e. The molecule has 0 saturated carbocycles. The van der Waals surface area contributed by atoms with E-state index in [9.17, 15) is 13.2 Å². The molecular formula is C25H32N4O3S. The number of fused-ring (bicyclic) bond motifs is 1. The molecule has 1 aliphatic rings. The van der Waals surface area contributed by atoms with Crippen molar-refractivity contribution in [2.45, 2.75) is 38.3 Å². The molecule has 7 nitrogen and oxygen atoms in total. The molecule has 4 rings (SSSR count). The van der Waals surface area contributed by atoms with Gasteiger partial charge in [0.05, 0.1) is 4.90 Å². The van der Waals surface area contributed by atoms with E-state index in [1.807, 2.05) is 22.5 Å². The van der Waals surface area contributed by atoms with Gasteiger partial charge in [0.25, 0.3) is 5.91 Å². The number of aryl methyl sites for hydroxylation is 2. The minimum absolute atomic E-state index is 0.0131. The van der Waals surface area contributed by atoms with Gasteiger partial charge in [-0.2, -0.15) is 0 Å². The van der Waals surface area contributed by atoms with Crippen LogP contribution in [0.4, 0.5) is 5.69 Å². The van der Waals surface area contributed by atoms with Crippen molar-refractivity contribution in [3.63, 3.8) is 0 Å². The van der Waals surface area contributed by atoms with Crippen molar-refractivity contribution in [1.29, 1.82) is 0 Å². The molecule has 3 aromatic rings. The molecule has 1 amide bonds. The molecule has 1 atom stereocenters. The Bertz CT molecular complexity index is 1300. The average molecular weight is 469 g/mol. The Labute approximate surface area is 196 Å². The summed E-state index contributed by atoms with van der Waals surface area (Å²) in [5.41, 5.74) is 3.88. The first-order valence-electron chi connectivity index (χ1n) is 11.3. The highest BCUT2D eigenvalue weighted by molar-refractivity contribution is 7.89. The molecule has 1 aliphatic heterocycles. The molecule has 33 heavy (non-hydrogen) atoms. The summed E-state index contributed by atoms with van der Waals surface area (Å²) in [5.74, 6) is -0.0131. The van der Waals surface area contributed by atoms with E-state index in [1.54, 1.807) is 18.2 Å². The van der Waals surface area contributed by atoms with Crippen LogP contribution < -0.4 is 4.90 Å². The fourth-order valence-corrected chi connectivity index (χ4v) is 5.57. The molecule has 2 heterocycles. The Kier molecular flexibility index (Phi) is 6.24. The summed E-state index contributed by atoms with van der Waals surface area (Å²) in [7, 11) is -0.505. The molecule has 0 unspecified atom stereocenters. The molecule has 2 aromatic carbocycles. The average Bonchev–Trinajstić information content (AvgIpc) is 3.16. The third kappa shape index (κ3) is 4.25. The van der Waals surface area contributed by atoms with Gasteiger partial charge in [-0.25, -0.2) is 12.7 Å². The highest BCUT2D eigenvalue weighted by atomic mass is 32.2. The molecule has 1 saturated heterocycles. The summed E-state index contributed by atoms with van der Waals surface area (Å²) >= 11 is 0. The number of amides is 1. The summed E-state index contributed by atoms with van der Waals surface area (Å²) in [6.07, 6.45) is 0. The van der Waals surface area contributed by atoms with Gasteiger partial charge in [0.15, 0.2) is 0 Å². The Balaban J connectivity index is 1.61. The van der Waals surface area contributed by atoms with Crippen LogP contribution in [0.3, 0.4) is 0 Å². The molecule has 0 N–H and O–H groups in total. The van der Waals surface area contributed by atoms with Crippen LogP contribution in [0.15, 0.2) is 53.4 Å². The third-order valence-corrected chi connectivity index (χ3v) is 8.25. The summed E-state index contributed by atoms with van der Waals surface area (Å²) < 4.78 is 28.3. The topological polar surface area (TPSA) is 65.9 Å². The lowest BCUT2D eigenvalue weighted by molar-refractivity contribution is 0.0716. The lowest BCUT2D eigenvalue weighted by Gasteiger charge is -2.41. The molecule has 0 bridgehead atoms. The summed E-state index contributed by atoms with van der Waals surface area (Å²) in [6.45, 7) is 8.92. The first kappa shape index (κ1) is 23.3. The summed E-state index contributed by atoms with van der Waals surface area (Å²) in [5, 5.41) is 0.759. The van der Waals surface area contributed by atoms with Crippen molar-refractivity contribution >= 4 is 32.5 Å². The van der Waals surface area contributed by atoms with E-state index in [4.69, 9.17) is 0 Å². The van der Waals surface area contributed by atoms with Gasteiger partial charge < -0.3 is 14.4 Å². The fraction of sp³-hybridized carbons (Fsp3) is 0.400. The third-order valence-electron chi connectivity index (χ3n) is 6.43. The van der Waals surface area contributed by atoms with Crippen LogP contribution in [-0.4, -0.2) is 67.9 Å². The molecule has 0 aliphatic carbocycles. The standard InChI is InChI=1S/C25H32N4O3S/c1-6-28-23-11-10-22(33(31,32)26(4)5)15-20(23)16-24(28)25(30)27-12-13-29(19(3)17-27)21-9-7-8-18(2)14-21/h7-11,14-16,19H,6,12-13,17H2,1-5H3/t19-/m1/s1. The van der Waals surface area contributed by atoms with E-state index in [2.05, 4.69) is 43.0 Å². The second kappa shape index (κ2) is 8.83. The Morgan fingerprint density at radius 1 is 1.09 bits per heavy atom. The van der Waals surface area contributed by atoms with Gasteiger partial charge in [0, 0.05) is 62.9 Å². The van der Waals surface area contributed by atoms with Gasteiger partial charge in [-0.1, -0.05) is 12.1 Å². The Hall–Kier alpha value is -2.84. The van der Waals surface area contributed by atoms with E-state index in [-0.39, 0.29) is 16.8 Å². The first-order valence-corrected chi connectivity index (χ1v) is 12.8. The second-order valence-corrected chi connectivity index (χ2v) is 11.1. The number of carbonyl (C=O) groups is 1. The fourth-order valence-electron chi connectivity index (χ4n) is 4.63. The van der Waals surface area contributed by atoms with E-state index in [0.717, 1.165) is 17.4 Å². The van der Waals surface area contributed by atoms with Gasteiger partial charge in [-0.15, -0.1) is 0 Å². The lowest BCUT2D eigenvalue weighted by Crippen LogP contribution is -2.54. The number of rotatable bonds is 5. The van der Waals surface area contributed by atoms with Crippen molar-refractivity contribution in [3.8, 4) is 0 Å². The number of piperazine rings is 1. The Morgan fingerprint density at radius 2 is 1.85 bits per heavy atom.